The second kappa shape index (κ2) is 8.77. The first kappa shape index (κ1) is 22.9. The summed E-state index contributed by atoms with van der Waals surface area (Å²) in [5, 5.41) is 10.2. The van der Waals surface area contributed by atoms with Gasteiger partial charge in [0.05, 0.1) is 5.02 Å². The van der Waals surface area contributed by atoms with Crippen molar-refractivity contribution in [3.63, 3.8) is 0 Å². The van der Waals surface area contributed by atoms with Gasteiger partial charge in [0.1, 0.15) is 11.6 Å². The van der Waals surface area contributed by atoms with E-state index in [1.165, 1.54) is 6.07 Å². The second-order valence-electron chi connectivity index (χ2n) is 6.96. The fourth-order valence-electron chi connectivity index (χ4n) is 2.93. The van der Waals surface area contributed by atoms with Gasteiger partial charge in [0.25, 0.3) is 5.91 Å². The van der Waals surface area contributed by atoms with Gasteiger partial charge < -0.3 is 10.6 Å². The lowest BCUT2D eigenvalue weighted by molar-refractivity contribution is -0.141. The molecule has 3 rings (SSSR count). The first-order valence-electron chi connectivity index (χ1n) is 9.05. The van der Waals surface area contributed by atoms with Gasteiger partial charge >= 0.3 is 6.18 Å². The van der Waals surface area contributed by atoms with Gasteiger partial charge in [-0.3, -0.25) is 9.89 Å². The Labute approximate surface area is 177 Å². The number of H-pyrrole nitrogens is 1. The van der Waals surface area contributed by atoms with Crippen molar-refractivity contribution in [2.24, 2.45) is 4.99 Å². The molecule has 0 atom stereocenters. The number of halogens is 7. The van der Waals surface area contributed by atoms with Crippen LogP contribution in [0.15, 0.2) is 29.3 Å². The highest BCUT2D eigenvalue weighted by molar-refractivity contribution is 6.30. The molecule has 31 heavy (non-hydrogen) atoms. The Morgan fingerprint density at radius 3 is 2.48 bits per heavy atom. The molecule has 0 saturated heterocycles. The smallest absolute Gasteiger partial charge is 0.353 e. The van der Waals surface area contributed by atoms with Crippen LogP contribution < -0.4 is 10.6 Å². The summed E-state index contributed by atoms with van der Waals surface area (Å²) in [6.45, 7) is 0. The van der Waals surface area contributed by atoms with Gasteiger partial charge in [-0.25, -0.2) is 13.2 Å². The van der Waals surface area contributed by atoms with Crippen LogP contribution in [0.3, 0.4) is 0 Å². The van der Waals surface area contributed by atoms with Crippen LogP contribution >= 0.6 is 11.6 Å². The number of rotatable bonds is 3. The van der Waals surface area contributed by atoms with Crippen LogP contribution in [0.4, 0.5) is 32.2 Å². The fourth-order valence-corrected chi connectivity index (χ4v) is 3.05. The van der Waals surface area contributed by atoms with Gasteiger partial charge in [-0.2, -0.15) is 23.3 Å². The summed E-state index contributed by atoms with van der Waals surface area (Å²) in [4.78, 5) is 16.2. The lowest BCUT2D eigenvalue weighted by Crippen LogP contribution is -2.43. The third-order valence-electron chi connectivity index (χ3n) is 4.56. The van der Waals surface area contributed by atoms with E-state index in [9.17, 15) is 31.1 Å². The van der Waals surface area contributed by atoms with Crippen molar-refractivity contribution in [3.05, 3.63) is 46.4 Å². The van der Waals surface area contributed by atoms with Crippen LogP contribution in [0.25, 0.3) is 0 Å². The number of aromatic amines is 1. The van der Waals surface area contributed by atoms with E-state index < -0.39 is 48.4 Å². The maximum absolute atomic E-state index is 13.6. The van der Waals surface area contributed by atoms with Crippen molar-refractivity contribution >= 4 is 29.3 Å². The van der Waals surface area contributed by atoms with Crippen molar-refractivity contribution < 1.29 is 31.1 Å². The van der Waals surface area contributed by atoms with E-state index in [4.69, 9.17) is 11.6 Å². The van der Waals surface area contributed by atoms with Gasteiger partial charge in [0.15, 0.2) is 5.69 Å². The third kappa shape index (κ3) is 6.12. The summed E-state index contributed by atoms with van der Waals surface area (Å²) in [6.07, 6.45) is -5.39. The first-order chi connectivity index (χ1) is 14.4. The fraction of sp³-hybridized carbons (Fsp3) is 0.389. The molecule has 13 heteroatoms. The van der Waals surface area contributed by atoms with Crippen LogP contribution in [0.1, 0.15) is 41.7 Å². The van der Waals surface area contributed by atoms with E-state index in [1.807, 2.05) is 0 Å². The highest BCUT2D eigenvalue weighted by Gasteiger charge is 2.36. The molecule has 0 unspecified atom stereocenters. The number of hydrogen-bond acceptors (Lipinski definition) is 2. The summed E-state index contributed by atoms with van der Waals surface area (Å²) >= 11 is 5.58. The van der Waals surface area contributed by atoms with Crippen molar-refractivity contribution in [3.8, 4) is 0 Å². The maximum atomic E-state index is 13.6. The Morgan fingerprint density at radius 2 is 1.90 bits per heavy atom. The quantitative estimate of drug-likeness (QED) is 0.337. The second-order valence-corrected chi connectivity index (χ2v) is 7.37. The number of nitrogens with one attached hydrogen (secondary N) is 3. The molecule has 1 aliphatic rings. The molecule has 2 aromatic rings. The Bertz CT molecular complexity index is 980. The molecule has 1 aliphatic carbocycles. The zero-order valence-electron chi connectivity index (χ0n) is 15.7. The average Bonchev–Trinajstić information content (AvgIpc) is 3.14. The molecule has 0 aliphatic heterocycles. The number of hydrogen-bond donors (Lipinski definition) is 3. The zero-order valence-corrected chi connectivity index (χ0v) is 16.4. The Hall–Kier alpha value is -2.76. The maximum Gasteiger partial charge on any atom is 0.435 e. The number of carbonyl (C=O) groups is 1. The van der Waals surface area contributed by atoms with E-state index in [1.54, 1.807) is 0 Å². The molecular formula is C18H16ClF6N5O. The number of carbonyl (C=O) groups excluding carboxylic acids is 1. The Kier molecular flexibility index (Phi) is 6.48. The number of benzene rings is 1. The molecule has 1 aromatic heterocycles. The molecule has 6 nitrogen and oxygen atoms in total. The number of aromatic nitrogens is 2. The normalized spacial score (nSPS) is 17.5. The number of guanidine groups is 1. The van der Waals surface area contributed by atoms with Crippen LogP contribution in [0.2, 0.25) is 5.02 Å². The number of aliphatic imine (C=N–C) groups is 1. The number of amides is 1. The van der Waals surface area contributed by atoms with Crippen LogP contribution in [0, 0.1) is 5.82 Å². The summed E-state index contributed by atoms with van der Waals surface area (Å²) in [7, 11) is 0. The molecule has 0 bridgehead atoms. The van der Waals surface area contributed by atoms with Crippen LogP contribution in [0.5, 0.6) is 0 Å². The van der Waals surface area contributed by atoms with Gasteiger partial charge in [-0.15, -0.1) is 0 Å². The van der Waals surface area contributed by atoms with Crippen LogP contribution in [-0.2, 0) is 6.18 Å². The summed E-state index contributed by atoms with van der Waals surface area (Å²) in [6, 6.07) is 3.36. The molecule has 0 spiro atoms. The van der Waals surface area contributed by atoms with E-state index in [0.29, 0.717) is 6.07 Å². The third-order valence-corrected chi connectivity index (χ3v) is 4.87. The minimum absolute atomic E-state index is 0.0498. The lowest BCUT2D eigenvalue weighted by atomic mass is 9.92. The lowest BCUT2D eigenvalue weighted by Gasteiger charge is -2.29. The topological polar surface area (TPSA) is 82.2 Å². The van der Waals surface area contributed by atoms with E-state index in [-0.39, 0.29) is 35.2 Å². The largest absolute Gasteiger partial charge is 0.435 e. The Balaban J connectivity index is 1.82. The van der Waals surface area contributed by atoms with E-state index >= 15 is 0 Å². The van der Waals surface area contributed by atoms with Gasteiger partial charge in [0, 0.05) is 30.5 Å². The summed E-state index contributed by atoms with van der Waals surface area (Å²) in [5.74, 6) is -5.13. The van der Waals surface area contributed by atoms with Crippen molar-refractivity contribution in [1.82, 2.24) is 15.5 Å². The van der Waals surface area contributed by atoms with Gasteiger partial charge in [0.2, 0.25) is 11.9 Å². The predicted octanol–water partition coefficient (Wildman–Crippen LogP) is 5.00. The van der Waals surface area contributed by atoms with E-state index in [2.05, 4.69) is 25.8 Å². The molecular weight excluding hydrogens is 452 g/mol. The number of nitrogens with zero attached hydrogens (tertiary/aromatic N) is 2. The number of alkyl halides is 5. The highest BCUT2D eigenvalue weighted by Crippen LogP contribution is 2.33. The number of anilines is 1. The predicted molar refractivity (Wildman–Crippen MR) is 101 cm³/mol. The van der Waals surface area contributed by atoms with Crippen molar-refractivity contribution in [2.45, 2.75) is 43.8 Å². The average molecular weight is 468 g/mol. The minimum atomic E-state index is -4.70. The molecule has 0 radical (unpaired) electrons. The molecule has 1 amide bonds. The summed E-state index contributed by atoms with van der Waals surface area (Å²) in [5.41, 5.74) is -1.38. The summed E-state index contributed by atoms with van der Waals surface area (Å²) < 4.78 is 78.7. The zero-order chi connectivity index (χ0) is 22.8. The SMILES string of the molecule is O=C(/N=C(/Nc1cc(C(F)(F)F)n[nH]1)NC1CCC(F)(F)CC1)c1ccc(Cl)c(F)c1. The molecule has 168 valence electrons. The van der Waals surface area contributed by atoms with E-state index in [0.717, 1.165) is 12.1 Å². The van der Waals surface area contributed by atoms with Gasteiger partial charge in [-0.05, 0) is 31.0 Å². The van der Waals surface area contributed by atoms with Crippen LogP contribution in [-0.4, -0.2) is 34.0 Å². The Morgan fingerprint density at radius 1 is 1.23 bits per heavy atom. The van der Waals surface area contributed by atoms with Crippen molar-refractivity contribution in [2.75, 3.05) is 5.32 Å². The standard InChI is InChI=1S/C18H16ClF6N5O/c19-11-2-1-9(7-12(11)20)15(31)28-16(26-10-3-5-17(21,22)6-4-10)27-14-8-13(29-30-14)18(23,24)25/h1-2,7-8,10H,3-6H2,(H3,26,27,28,29,30,31). The molecule has 1 fully saturated rings. The molecule has 1 saturated carbocycles. The van der Waals surface area contributed by atoms with Crippen molar-refractivity contribution in [1.29, 1.82) is 0 Å². The molecule has 1 aromatic carbocycles. The monoisotopic (exact) mass is 467 g/mol. The molecule has 1 heterocycles. The highest BCUT2D eigenvalue weighted by atomic mass is 35.5. The first-order valence-corrected chi connectivity index (χ1v) is 9.43. The van der Waals surface area contributed by atoms with Gasteiger partial charge in [-0.1, -0.05) is 11.6 Å². The minimum Gasteiger partial charge on any atom is -0.353 e. The molecule has 3 N–H and O–H groups in total.